The van der Waals surface area contributed by atoms with Crippen LogP contribution in [0.2, 0.25) is 0 Å². The maximum Gasteiger partial charge on any atom is 0.234 e. The Bertz CT molecular complexity index is 976. The number of carbonyl (C=O) groups is 1. The molecule has 0 saturated carbocycles. The minimum absolute atomic E-state index is 0.141. The third-order valence-electron chi connectivity index (χ3n) is 6.20. The van der Waals surface area contributed by atoms with Crippen LogP contribution in [-0.4, -0.2) is 40.4 Å². The molecule has 2 aromatic carbocycles. The monoisotopic (exact) mass is 398 g/mol. The van der Waals surface area contributed by atoms with Crippen LogP contribution in [0.5, 0.6) is 0 Å². The fourth-order valence-electron chi connectivity index (χ4n) is 4.54. The molecule has 1 amide bonds. The van der Waals surface area contributed by atoms with Crippen molar-refractivity contribution in [2.45, 2.75) is 31.2 Å². The van der Waals surface area contributed by atoms with E-state index in [4.69, 9.17) is 4.98 Å². The molecule has 1 unspecified atom stereocenters. The largest absolute Gasteiger partial charge is 0.337 e. The Morgan fingerprint density at radius 1 is 1.03 bits per heavy atom. The first kappa shape index (κ1) is 18.9. The summed E-state index contributed by atoms with van der Waals surface area (Å²) in [6, 6.07) is 20.1. The van der Waals surface area contributed by atoms with Crippen LogP contribution in [0.3, 0.4) is 0 Å². The van der Waals surface area contributed by atoms with E-state index in [1.54, 1.807) is 0 Å². The van der Waals surface area contributed by atoms with Gasteiger partial charge >= 0.3 is 0 Å². The number of hydrogen-bond acceptors (Lipinski definition) is 4. The van der Waals surface area contributed by atoms with Crippen LogP contribution in [0.1, 0.15) is 46.5 Å². The second-order valence-electron chi connectivity index (χ2n) is 8.15. The first-order valence-corrected chi connectivity index (χ1v) is 10.7. The molecule has 0 spiro atoms. The summed E-state index contributed by atoms with van der Waals surface area (Å²) in [5.41, 5.74) is 4.23. The molecule has 1 N–H and O–H groups in total. The molecule has 5 rings (SSSR count). The SMILES string of the molecule is O=C(C(c1ccccc1)c1ccccc1)N1CCc2nc(C3CCNC3)ncc2C1. The molecule has 1 aromatic heterocycles. The predicted octanol–water partition coefficient (Wildman–Crippen LogP) is 3.27. The van der Waals surface area contributed by atoms with E-state index in [0.717, 1.165) is 54.1 Å². The van der Waals surface area contributed by atoms with Gasteiger partial charge in [-0.25, -0.2) is 9.97 Å². The lowest BCUT2D eigenvalue weighted by atomic mass is 9.89. The molecule has 1 atom stereocenters. The molecule has 3 aromatic rings. The normalized spacial score (nSPS) is 18.4. The summed E-state index contributed by atoms with van der Waals surface area (Å²) < 4.78 is 0. The summed E-state index contributed by atoms with van der Waals surface area (Å²) in [6.07, 6.45) is 3.82. The van der Waals surface area contributed by atoms with Gasteiger partial charge in [0.05, 0.1) is 11.6 Å². The van der Waals surface area contributed by atoms with Crippen molar-refractivity contribution in [2.24, 2.45) is 0 Å². The Kier molecular flexibility index (Phi) is 5.28. The van der Waals surface area contributed by atoms with E-state index in [9.17, 15) is 4.79 Å². The maximum absolute atomic E-state index is 13.7. The number of amides is 1. The number of nitrogens with zero attached hydrogens (tertiary/aromatic N) is 3. The van der Waals surface area contributed by atoms with Gasteiger partial charge in [0.25, 0.3) is 0 Å². The topological polar surface area (TPSA) is 58.1 Å². The van der Waals surface area contributed by atoms with E-state index in [2.05, 4.69) is 10.3 Å². The zero-order valence-electron chi connectivity index (χ0n) is 17.0. The van der Waals surface area contributed by atoms with Crippen molar-refractivity contribution >= 4 is 5.91 Å². The van der Waals surface area contributed by atoms with Crippen molar-refractivity contribution in [2.75, 3.05) is 19.6 Å². The smallest absolute Gasteiger partial charge is 0.234 e. The summed E-state index contributed by atoms with van der Waals surface area (Å²) in [5, 5.41) is 3.38. The molecule has 5 heteroatoms. The van der Waals surface area contributed by atoms with Crippen molar-refractivity contribution in [3.05, 3.63) is 95.1 Å². The molecule has 2 aliphatic heterocycles. The van der Waals surface area contributed by atoms with Gasteiger partial charge in [0.2, 0.25) is 5.91 Å². The first-order valence-electron chi connectivity index (χ1n) is 10.7. The molecular weight excluding hydrogens is 372 g/mol. The van der Waals surface area contributed by atoms with Crippen LogP contribution in [0.15, 0.2) is 66.9 Å². The standard InChI is InChI=1S/C25H26N4O/c30-25(23(18-7-3-1-4-8-18)19-9-5-2-6-10-19)29-14-12-22-21(17-29)16-27-24(28-22)20-11-13-26-15-20/h1-10,16,20,23,26H,11-15,17H2. The van der Waals surface area contributed by atoms with Crippen LogP contribution < -0.4 is 5.32 Å². The molecule has 0 radical (unpaired) electrons. The van der Waals surface area contributed by atoms with Gasteiger partial charge in [-0.2, -0.15) is 0 Å². The number of hydrogen-bond donors (Lipinski definition) is 1. The second-order valence-corrected chi connectivity index (χ2v) is 8.15. The van der Waals surface area contributed by atoms with Crippen LogP contribution in [0.4, 0.5) is 0 Å². The Balaban J connectivity index is 1.40. The van der Waals surface area contributed by atoms with Crippen molar-refractivity contribution in [3.8, 4) is 0 Å². The van der Waals surface area contributed by atoms with Gasteiger partial charge in [-0.1, -0.05) is 60.7 Å². The molecule has 0 aliphatic carbocycles. The van der Waals surface area contributed by atoms with Crippen LogP contribution in [0.25, 0.3) is 0 Å². The molecule has 5 nitrogen and oxygen atoms in total. The molecular formula is C25H26N4O. The number of benzene rings is 2. The number of rotatable bonds is 4. The Morgan fingerprint density at radius 3 is 2.37 bits per heavy atom. The molecule has 0 bridgehead atoms. The highest BCUT2D eigenvalue weighted by atomic mass is 16.2. The van der Waals surface area contributed by atoms with E-state index in [-0.39, 0.29) is 11.8 Å². The average Bonchev–Trinajstić information content (AvgIpc) is 3.35. The van der Waals surface area contributed by atoms with E-state index >= 15 is 0 Å². The fourth-order valence-corrected chi connectivity index (χ4v) is 4.54. The number of fused-ring (bicyclic) bond motifs is 1. The van der Waals surface area contributed by atoms with E-state index in [0.29, 0.717) is 19.0 Å². The minimum atomic E-state index is -0.293. The fraction of sp³-hybridized carbons (Fsp3) is 0.320. The van der Waals surface area contributed by atoms with Gasteiger partial charge in [-0.05, 0) is 24.1 Å². The van der Waals surface area contributed by atoms with Crippen LogP contribution in [0, 0.1) is 0 Å². The zero-order valence-corrected chi connectivity index (χ0v) is 17.0. The Hall–Kier alpha value is -3.05. The van der Waals surface area contributed by atoms with Crippen molar-refractivity contribution in [1.82, 2.24) is 20.2 Å². The minimum Gasteiger partial charge on any atom is -0.337 e. The number of aromatic nitrogens is 2. The number of carbonyl (C=O) groups excluding carboxylic acids is 1. The first-order chi connectivity index (χ1) is 14.8. The summed E-state index contributed by atoms with van der Waals surface area (Å²) in [6.45, 7) is 3.27. The summed E-state index contributed by atoms with van der Waals surface area (Å²) in [5.74, 6) is 1.21. The molecule has 3 heterocycles. The van der Waals surface area contributed by atoms with E-state index in [1.165, 1.54) is 0 Å². The molecule has 30 heavy (non-hydrogen) atoms. The van der Waals surface area contributed by atoms with Crippen LogP contribution in [-0.2, 0) is 17.8 Å². The van der Waals surface area contributed by atoms with Gasteiger partial charge < -0.3 is 10.2 Å². The van der Waals surface area contributed by atoms with Crippen molar-refractivity contribution < 1.29 is 4.79 Å². The highest BCUT2D eigenvalue weighted by Gasteiger charge is 2.31. The lowest BCUT2D eigenvalue weighted by Gasteiger charge is -2.32. The number of nitrogens with one attached hydrogen (secondary N) is 1. The highest BCUT2D eigenvalue weighted by molar-refractivity contribution is 5.87. The van der Waals surface area contributed by atoms with E-state index in [1.807, 2.05) is 71.8 Å². The quantitative estimate of drug-likeness (QED) is 0.733. The molecule has 1 fully saturated rings. The third-order valence-corrected chi connectivity index (χ3v) is 6.20. The molecule has 152 valence electrons. The zero-order chi connectivity index (χ0) is 20.3. The second kappa shape index (κ2) is 8.36. The summed E-state index contributed by atoms with van der Waals surface area (Å²) >= 11 is 0. The van der Waals surface area contributed by atoms with Gasteiger partial charge in [0, 0.05) is 43.7 Å². The molecule has 2 aliphatic rings. The maximum atomic E-state index is 13.7. The lowest BCUT2D eigenvalue weighted by molar-refractivity contribution is -0.132. The summed E-state index contributed by atoms with van der Waals surface area (Å²) in [7, 11) is 0. The average molecular weight is 399 g/mol. The highest BCUT2D eigenvalue weighted by Crippen LogP contribution is 2.29. The van der Waals surface area contributed by atoms with Crippen molar-refractivity contribution in [1.29, 1.82) is 0 Å². The predicted molar refractivity (Wildman–Crippen MR) is 116 cm³/mol. The third kappa shape index (κ3) is 3.73. The van der Waals surface area contributed by atoms with Crippen LogP contribution >= 0.6 is 0 Å². The van der Waals surface area contributed by atoms with Gasteiger partial charge in [-0.15, -0.1) is 0 Å². The van der Waals surface area contributed by atoms with Crippen molar-refractivity contribution in [3.63, 3.8) is 0 Å². The van der Waals surface area contributed by atoms with Gasteiger partial charge in [-0.3, -0.25) is 4.79 Å². The van der Waals surface area contributed by atoms with Gasteiger partial charge in [0.15, 0.2) is 0 Å². The molecule has 1 saturated heterocycles. The summed E-state index contributed by atoms with van der Waals surface area (Å²) in [4.78, 5) is 25.1. The Morgan fingerprint density at radius 2 is 1.73 bits per heavy atom. The van der Waals surface area contributed by atoms with E-state index < -0.39 is 0 Å². The Labute approximate surface area is 177 Å². The lowest BCUT2D eigenvalue weighted by Crippen LogP contribution is -2.40. The van der Waals surface area contributed by atoms with Gasteiger partial charge in [0.1, 0.15) is 5.82 Å².